The minimum Gasteiger partial charge on any atom is -0.371 e. The molecule has 2 nitrogen and oxygen atoms in total. The van der Waals surface area contributed by atoms with E-state index in [1.54, 1.807) is 0 Å². The van der Waals surface area contributed by atoms with Gasteiger partial charge in [-0.1, -0.05) is 32.0 Å². The summed E-state index contributed by atoms with van der Waals surface area (Å²) in [6.45, 7) is 6.67. The molecule has 1 aliphatic carbocycles. The van der Waals surface area contributed by atoms with Crippen molar-refractivity contribution in [3.05, 3.63) is 76.6 Å². The molecule has 0 aromatic heterocycles. The van der Waals surface area contributed by atoms with Crippen LogP contribution in [0.2, 0.25) is 0 Å². The Morgan fingerprint density at radius 2 is 1.68 bits per heavy atom. The number of hydrogen-bond donors (Lipinski definition) is 1. The van der Waals surface area contributed by atoms with Gasteiger partial charge in [-0.3, -0.25) is 0 Å². The molecule has 31 heavy (non-hydrogen) atoms. The average Bonchev–Trinajstić information content (AvgIpc) is 3.10. The largest absolute Gasteiger partial charge is 0.371 e. The van der Waals surface area contributed by atoms with E-state index in [9.17, 15) is 13.2 Å². The zero-order chi connectivity index (χ0) is 21.9. The summed E-state index contributed by atoms with van der Waals surface area (Å²) >= 11 is 0. The quantitative estimate of drug-likeness (QED) is 0.535. The molecule has 5 rings (SSSR count). The lowest BCUT2D eigenvalue weighted by Gasteiger charge is -2.32. The van der Waals surface area contributed by atoms with Gasteiger partial charge < -0.3 is 10.6 Å². The highest BCUT2D eigenvalue weighted by Crippen LogP contribution is 2.39. The van der Waals surface area contributed by atoms with Crippen LogP contribution in [0.3, 0.4) is 0 Å². The standard InChI is InChI=1S/C26H27F3N2/c1-26(2)7-8-31(14-26)17-6-5-15-3-4-16-9-21(25(30)12-19(16)18(15)10-17)20-11-23(28)24(29)13-22(20)27/h3-6,10-11,13,21,25H,7-9,12,14,30H2,1-2H3/t21-,25+/m1/s1. The van der Waals surface area contributed by atoms with Gasteiger partial charge in [-0.25, -0.2) is 13.2 Å². The van der Waals surface area contributed by atoms with Gasteiger partial charge in [0.1, 0.15) is 5.82 Å². The molecule has 2 atom stereocenters. The Labute approximate surface area is 180 Å². The molecule has 2 aliphatic rings. The van der Waals surface area contributed by atoms with Crippen molar-refractivity contribution < 1.29 is 13.2 Å². The Bertz CT molecular complexity index is 1170. The Morgan fingerprint density at radius 1 is 0.935 bits per heavy atom. The van der Waals surface area contributed by atoms with Crippen molar-refractivity contribution in [3.8, 4) is 0 Å². The third kappa shape index (κ3) is 3.59. The van der Waals surface area contributed by atoms with Crippen LogP contribution >= 0.6 is 0 Å². The smallest absolute Gasteiger partial charge is 0.161 e. The highest BCUT2D eigenvalue weighted by Gasteiger charge is 2.32. The summed E-state index contributed by atoms with van der Waals surface area (Å²) < 4.78 is 41.6. The van der Waals surface area contributed by atoms with Gasteiger partial charge in [0.25, 0.3) is 0 Å². The first-order chi connectivity index (χ1) is 14.7. The zero-order valence-corrected chi connectivity index (χ0v) is 17.9. The van der Waals surface area contributed by atoms with E-state index in [0.717, 1.165) is 30.1 Å². The SMILES string of the molecule is CC1(C)CCN(c2ccc3ccc4c(c3c2)C[C@H](N)[C@@H](c2cc(F)c(F)cc2F)C4)C1. The Kier molecular flexibility index (Phi) is 4.78. The molecule has 0 amide bonds. The second-order valence-corrected chi connectivity index (χ2v) is 9.91. The van der Waals surface area contributed by atoms with Crippen molar-refractivity contribution in [3.63, 3.8) is 0 Å². The van der Waals surface area contributed by atoms with E-state index in [1.807, 2.05) is 0 Å². The highest BCUT2D eigenvalue weighted by molar-refractivity contribution is 5.90. The van der Waals surface area contributed by atoms with Crippen LogP contribution in [0.5, 0.6) is 0 Å². The van der Waals surface area contributed by atoms with E-state index in [4.69, 9.17) is 5.73 Å². The molecule has 1 heterocycles. The molecular formula is C26H27F3N2. The van der Waals surface area contributed by atoms with E-state index in [-0.39, 0.29) is 17.5 Å². The van der Waals surface area contributed by atoms with Crippen LogP contribution < -0.4 is 10.6 Å². The lowest BCUT2D eigenvalue weighted by molar-refractivity contribution is 0.418. The molecule has 1 saturated heterocycles. The molecule has 1 aliphatic heterocycles. The molecule has 3 aromatic carbocycles. The van der Waals surface area contributed by atoms with Gasteiger partial charge in [-0.05, 0) is 70.3 Å². The molecule has 1 fully saturated rings. The number of rotatable bonds is 2. The fraction of sp³-hybridized carbons (Fsp3) is 0.385. The minimum absolute atomic E-state index is 0.158. The van der Waals surface area contributed by atoms with Gasteiger partial charge in [0, 0.05) is 36.8 Å². The lowest BCUT2D eigenvalue weighted by atomic mass is 9.75. The van der Waals surface area contributed by atoms with Crippen LogP contribution in [0.25, 0.3) is 10.8 Å². The maximum atomic E-state index is 14.4. The Hall–Kier alpha value is -2.53. The summed E-state index contributed by atoms with van der Waals surface area (Å²) in [5.74, 6) is -3.33. The fourth-order valence-electron chi connectivity index (χ4n) is 5.31. The second-order valence-electron chi connectivity index (χ2n) is 9.91. The summed E-state index contributed by atoms with van der Waals surface area (Å²) in [7, 11) is 0. The van der Waals surface area contributed by atoms with Crippen LogP contribution in [0.1, 0.15) is 42.9 Å². The van der Waals surface area contributed by atoms with E-state index in [1.165, 1.54) is 23.1 Å². The molecular weight excluding hydrogens is 397 g/mol. The van der Waals surface area contributed by atoms with Crippen LogP contribution in [0, 0.1) is 22.9 Å². The first kappa shape index (κ1) is 20.4. The van der Waals surface area contributed by atoms with E-state index in [2.05, 4.69) is 49.1 Å². The van der Waals surface area contributed by atoms with Crippen LogP contribution in [-0.4, -0.2) is 19.1 Å². The van der Waals surface area contributed by atoms with Crippen molar-refractivity contribution in [2.45, 2.75) is 45.1 Å². The van der Waals surface area contributed by atoms with Crippen LogP contribution in [0.15, 0.2) is 42.5 Å². The predicted molar refractivity (Wildman–Crippen MR) is 119 cm³/mol. The third-order valence-electron chi connectivity index (χ3n) is 7.09. The molecule has 3 aromatic rings. The van der Waals surface area contributed by atoms with Gasteiger partial charge in [0.15, 0.2) is 11.6 Å². The molecule has 0 saturated carbocycles. The molecule has 0 radical (unpaired) electrons. The van der Waals surface area contributed by atoms with E-state index in [0.29, 0.717) is 24.3 Å². The number of fused-ring (bicyclic) bond motifs is 3. The number of benzene rings is 3. The predicted octanol–water partition coefficient (Wildman–Crippen LogP) is 5.70. The van der Waals surface area contributed by atoms with Gasteiger partial charge in [0.05, 0.1) is 0 Å². The van der Waals surface area contributed by atoms with Crippen LogP contribution in [0.4, 0.5) is 18.9 Å². The van der Waals surface area contributed by atoms with Crippen LogP contribution in [-0.2, 0) is 12.8 Å². The monoisotopic (exact) mass is 424 g/mol. The van der Waals surface area contributed by atoms with E-state index >= 15 is 0 Å². The van der Waals surface area contributed by atoms with Gasteiger partial charge >= 0.3 is 0 Å². The normalized spacial score (nSPS) is 22.7. The first-order valence-corrected chi connectivity index (χ1v) is 10.9. The maximum Gasteiger partial charge on any atom is 0.161 e. The zero-order valence-electron chi connectivity index (χ0n) is 17.9. The van der Waals surface area contributed by atoms with Gasteiger partial charge in [-0.2, -0.15) is 0 Å². The van der Waals surface area contributed by atoms with Crippen molar-refractivity contribution in [1.82, 2.24) is 0 Å². The molecule has 5 heteroatoms. The minimum atomic E-state index is -1.17. The molecule has 162 valence electrons. The molecule has 0 spiro atoms. The molecule has 0 unspecified atom stereocenters. The van der Waals surface area contributed by atoms with Crippen molar-refractivity contribution >= 4 is 16.5 Å². The lowest BCUT2D eigenvalue weighted by Crippen LogP contribution is -2.36. The number of halogens is 3. The van der Waals surface area contributed by atoms with Crippen molar-refractivity contribution in [1.29, 1.82) is 0 Å². The second kappa shape index (κ2) is 7.27. The average molecular weight is 425 g/mol. The summed E-state index contributed by atoms with van der Waals surface area (Å²) in [6, 6.07) is 12.0. The maximum absolute atomic E-state index is 14.4. The fourth-order valence-corrected chi connectivity index (χ4v) is 5.31. The van der Waals surface area contributed by atoms with Crippen molar-refractivity contribution in [2.75, 3.05) is 18.0 Å². The Morgan fingerprint density at radius 3 is 2.42 bits per heavy atom. The van der Waals surface area contributed by atoms with Crippen molar-refractivity contribution in [2.24, 2.45) is 11.1 Å². The number of anilines is 1. The molecule has 2 N–H and O–H groups in total. The third-order valence-corrected chi connectivity index (χ3v) is 7.09. The number of nitrogens with zero attached hydrogens (tertiary/aromatic N) is 1. The summed E-state index contributed by atoms with van der Waals surface area (Å²) in [5.41, 5.74) is 10.4. The molecule has 0 bridgehead atoms. The van der Waals surface area contributed by atoms with E-state index < -0.39 is 17.5 Å². The highest BCUT2D eigenvalue weighted by atomic mass is 19.2. The summed E-state index contributed by atoms with van der Waals surface area (Å²) in [4.78, 5) is 2.43. The summed E-state index contributed by atoms with van der Waals surface area (Å²) in [5, 5.41) is 2.34. The summed E-state index contributed by atoms with van der Waals surface area (Å²) in [6.07, 6.45) is 2.25. The number of hydrogen-bond acceptors (Lipinski definition) is 2. The number of nitrogens with two attached hydrogens (primary N) is 1. The Balaban J connectivity index is 1.53. The topological polar surface area (TPSA) is 29.3 Å². The van der Waals surface area contributed by atoms with Gasteiger partial charge in [0.2, 0.25) is 0 Å². The van der Waals surface area contributed by atoms with Gasteiger partial charge in [-0.15, -0.1) is 0 Å². The first-order valence-electron chi connectivity index (χ1n) is 10.9.